The molecule has 1 aromatic rings. The van der Waals surface area contributed by atoms with Gasteiger partial charge in [-0.15, -0.1) is 0 Å². The molecule has 1 saturated heterocycles. The number of hydrogen-bond acceptors (Lipinski definition) is 3. The van der Waals surface area contributed by atoms with Gasteiger partial charge in [-0.3, -0.25) is 0 Å². The van der Waals surface area contributed by atoms with E-state index in [0.717, 1.165) is 0 Å². The quantitative estimate of drug-likeness (QED) is 0.866. The van der Waals surface area contributed by atoms with E-state index in [1.54, 1.807) is 17.0 Å². The highest BCUT2D eigenvalue weighted by Crippen LogP contribution is 2.29. The Kier molecular flexibility index (Phi) is 4.52. The van der Waals surface area contributed by atoms with Crippen molar-refractivity contribution in [2.75, 3.05) is 13.1 Å². The molecule has 2 atom stereocenters. The topological polar surface area (TPSA) is 55.6 Å². The molecule has 0 bridgehead atoms. The molecule has 0 aliphatic carbocycles. The number of carbonyl (C=O) groups is 1. The van der Waals surface area contributed by atoms with Crippen LogP contribution in [0.2, 0.25) is 0 Å². The number of nitrogens with zero attached hydrogens (tertiary/aromatic N) is 1. The van der Waals surface area contributed by atoms with E-state index in [1.165, 1.54) is 6.07 Å². The van der Waals surface area contributed by atoms with E-state index in [0.29, 0.717) is 25.1 Å². The van der Waals surface area contributed by atoms with Crippen LogP contribution in [0.1, 0.15) is 38.7 Å². The van der Waals surface area contributed by atoms with E-state index in [4.69, 9.17) is 10.5 Å². The van der Waals surface area contributed by atoms with Crippen molar-refractivity contribution in [3.8, 4) is 0 Å². The molecule has 1 amide bonds. The number of ether oxygens (including phenoxy) is 1. The Bertz CT molecular complexity index is 513. The fourth-order valence-electron chi connectivity index (χ4n) is 2.64. The smallest absolute Gasteiger partial charge is 0.410 e. The lowest BCUT2D eigenvalue weighted by atomic mass is 9.85. The van der Waals surface area contributed by atoms with E-state index in [-0.39, 0.29) is 23.9 Å². The highest BCUT2D eigenvalue weighted by molar-refractivity contribution is 5.68. The van der Waals surface area contributed by atoms with Gasteiger partial charge in [0.05, 0.1) is 0 Å². The van der Waals surface area contributed by atoms with Crippen LogP contribution in [0.25, 0.3) is 0 Å². The number of amides is 1. The molecule has 2 rings (SSSR count). The van der Waals surface area contributed by atoms with E-state index >= 15 is 0 Å². The molecule has 4 nitrogen and oxygen atoms in total. The van der Waals surface area contributed by atoms with Crippen LogP contribution in [-0.2, 0) is 4.74 Å². The third kappa shape index (κ3) is 3.94. The molecule has 1 heterocycles. The summed E-state index contributed by atoms with van der Waals surface area (Å²) < 4.78 is 19.2. The van der Waals surface area contributed by atoms with Crippen molar-refractivity contribution in [3.05, 3.63) is 35.6 Å². The first kappa shape index (κ1) is 15.8. The van der Waals surface area contributed by atoms with Crippen LogP contribution in [-0.4, -0.2) is 35.7 Å². The zero-order valence-corrected chi connectivity index (χ0v) is 12.8. The Hall–Kier alpha value is -1.62. The van der Waals surface area contributed by atoms with Crippen molar-refractivity contribution in [2.24, 2.45) is 5.73 Å². The molecule has 1 aliphatic heterocycles. The maximum absolute atomic E-state index is 13.9. The van der Waals surface area contributed by atoms with Gasteiger partial charge >= 0.3 is 6.09 Å². The Labute approximate surface area is 125 Å². The molecule has 21 heavy (non-hydrogen) atoms. The highest BCUT2D eigenvalue weighted by atomic mass is 19.1. The molecule has 116 valence electrons. The first-order valence-corrected chi connectivity index (χ1v) is 7.26. The zero-order valence-electron chi connectivity index (χ0n) is 12.8. The number of nitrogens with two attached hydrogens (primary N) is 1. The van der Waals surface area contributed by atoms with Crippen molar-refractivity contribution >= 4 is 6.09 Å². The maximum atomic E-state index is 13.9. The van der Waals surface area contributed by atoms with Gasteiger partial charge in [-0.25, -0.2) is 9.18 Å². The third-order valence-corrected chi connectivity index (χ3v) is 3.61. The Morgan fingerprint density at radius 2 is 2.05 bits per heavy atom. The van der Waals surface area contributed by atoms with Gasteiger partial charge in [0.25, 0.3) is 0 Å². The van der Waals surface area contributed by atoms with Crippen molar-refractivity contribution in [3.63, 3.8) is 0 Å². The molecule has 0 spiro atoms. The number of hydrogen-bond donors (Lipinski definition) is 1. The molecule has 1 fully saturated rings. The van der Waals surface area contributed by atoms with E-state index in [9.17, 15) is 9.18 Å². The molecule has 1 aliphatic rings. The van der Waals surface area contributed by atoms with Crippen LogP contribution >= 0.6 is 0 Å². The minimum atomic E-state index is -0.524. The van der Waals surface area contributed by atoms with Crippen molar-refractivity contribution < 1.29 is 13.9 Å². The summed E-state index contributed by atoms with van der Waals surface area (Å²) >= 11 is 0. The number of likely N-dealkylation sites (tertiary alicyclic amines) is 1. The third-order valence-electron chi connectivity index (χ3n) is 3.61. The summed E-state index contributed by atoms with van der Waals surface area (Å²) in [7, 11) is 0. The molecule has 2 N–H and O–H groups in total. The first-order valence-electron chi connectivity index (χ1n) is 7.26. The van der Waals surface area contributed by atoms with Crippen LogP contribution in [0, 0.1) is 5.82 Å². The first-order chi connectivity index (χ1) is 9.78. The Morgan fingerprint density at radius 1 is 1.38 bits per heavy atom. The molecule has 0 saturated carbocycles. The average Bonchev–Trinajstić information content (AvgIpc) is 2.38. The fraction of sp³-hybridized carbons (Fsp3) is 0.562. The minimum Gasteiger partial charge on any atom is -0.444 e. The van der Waals surface area contributed by atoms with Crippen LogP contribution in [0.15, 0.2) is 24.3 Å². The van der Waals surface area contributed by atoms with E-state index in [2.05, 4.69) is 0 Å². The molecule has 2 unspecified atom stereocenters. The van der Waals surface area contributed by atoms with Crippen LogP contribution < -0.4 is 5.73 Å². The van der Waals surface area contributed by atoms with E-state index < -0.39 is 5.60 Å². The van der Waals surface area contributed by atoms with Crippen molar-refractivity contribution in [2.45, 2.75) is 44.8 Å². The standard InChI is InChI=1S/C16H23FN2O2/c1-16(2,3)21-15(20)19-9-8-12(14(18)10-19)11-6-4-5-7-13(11)17/h4-7,12,14H,8-10,18H2,1-3H3. The second-order valence-corrected chi connectivity index (χ2v) is 6.51. The summed E-state index contributed by atoms with van der Waals surface area (Å²) in [5.41, 5.74) is 6.26. The van der Waals surface area contributed by atoms with Gasteiger partial charge in [-0.05, 0) is 38.8 Å². The van der Waals surface area contributed by atoms with Gasteiger partial charge in [0, 0.05) is 25.0 Å². The lowest BCUT2D eigenvalue weighted by Gasteiger charge is -2.37. The Balaban J connectivity index is 2.03. The van der Waals surface area contributed by atoms with Gasteiger partial charge in [0.2, 0.25) is 0 Å². The lowest BCUT2D eigenvalue weighted by Crippen LogP contribution is -2.50. The summed E-state index contributed by atoms with van der Waals surface area (Å²) in [6, 6.07) is 6.40. The van der Waals surface area contributed by atoms with E-state index in [1.807, 2.05) is 26.8 Å². The van der Waals surface area contributed by atoms with Crippen LogP contribution in [0.4, 0.5) is 9.18 Å². The maximum Gasteiger partial charge on any atom is 0.410 e. The second-order valence-electron chi connectivity index (χ2n) is 6.51. The molecular weight excluding hydrogens is 271 g/mol. The zero-order chi connectivity index (χ0) is 15.6. The van der Waals surface area contributed by atoms with Gasteiger partial charge < -0.3 is 15.4 Å². The van der Waals surface area contributed by atoms with Crippen molar-refractivity contribution in [1.82, 2.24) is 4.90 Å². The van der Waals surface area contributed by atoms with Crippen LogP contribution in [0.3, 0.4) is 0 Å². The van der Waals surface area contributed by atoms with Gasteiger partial charge in [-0.1, -0.05) is 18.2 Å². The summed E-state index contributed by atoms with van der Waals surface area (Å²) in [4.78, 5) is 13.6. The second kappa shape index (κ2) is 6.02. The van der Waals surface area contributed by atoms with Crippen LogP contribution in [0.5, 0.6) is 0 Å². The predicted octanol–water partition coefficient (Wildman–Crippen LogP) is 2.88. The summed E-state index contributed by atoms with van der Waals surface area (Å²) in [5.74, 6) is -0.298. The molecule has 0 radical (unpaired) electrons. The molecular formula is C16H23FN2O2. The highest BCUT2D eigenvalue weighted by Gasteiger charge is 2.33. The normalized spacial score (nSPS) is 23.0. The summed E-state index contributed by atoms with van der Waals surface area (Å²) in [6.07, 6.45) is 0.284. The summed E-state index contributed by atoms with van der Waals surface area (Å²) in [5, 5.41) is 0. The SMILES string of the molecule is CC(C)(C)OC(=O)N1CCC(c2ccccc2F)C(N)C1. The number of halogens is 1. The lowest BCUT2D eigenvalue weighted by molar-refractivity contribution is 0.0186. The van der Waals surface area contributed by atoms with Gasteiger partial charge in [-0.2, -0.15) is 0 Å². The number of piperidine rings is 1. The number of rotatable bonds is 1. The number of carbonyl (C=O) groups excluding carboxylic acids is 1. The predicted molar refractivity (Wildman–Crippen MR) is 79.5 cm³/mol. The monoisotopic (exact) mass is 294 g/mol. The largest absolute Gasteiger partial charge is 0.444 e. The Morgan fingerprint density at radius 3 is 2.62 bits per heavy atom. The summed E-state index contributed by atoms with van der Waals surface area (Å²) in [6.45, 7) is 6.40. The van der Waals surface area contributed by atoms with Crippen molar-refractivity contribution in [1.29, 1.82) is 0 Å². The fourth-order valence-corrected chi connectivity index (χ4v) is 2.64. The number of benzene rings is 1. The average molecular weight is 294 g/mol. The van der Waals surface area contributed by atoms with Gasteiger partial charge in [0.1, 0.15) is 11.4 Å². The minimum absolute atomic E-state index is 0.0649. The molecule has 1 aromatic carbocycles. The van der Waals surface area contributed by atoms with Gasteiger partial charge in [0.15, 0.2) is 0 Å². The molecule has 5 heteroatoms. The molecule has 0 aromatic heterocycles.